The first kappa shape index (κ1) is 15.8. The zero-order valence-electron chi connectivity index (χ0n) is 12.1. The van der Waals surface area contributed by atoms with Crippen LogP contribution in [-0.4, -0.2) is 41.9 Å². The van der Waals surface area contributed by atoms with Gasteiger partial charge in [-0.25, -0.2) is 4.79 Å². The molecule has 0 spiro atoms. The minimum absolute atomic E-state index is 0.117. The summed E-state index contributed by atoms with van der Waals surface area (Å²) >= 11 is 0. The minimum Gasteiger partial charge on any atom is -0.481 e. The van der Waals surface area contributed by atoms with Gasteiger partial charge in [0.05, 0.1) is 19.3 Å². The number of hydrogen-bond donors (Lipinski definition) is 3. The topological polar surface area (TPSA) is 87.7 Å². The molecule has 0 aliphatic carbocycles. The van der Waals surface area contributed by atoms with Gasteiger partial charge in [-0.05, 0) is 27.2 Å². The molecule has 110 valence electrons. The third kappa shape index (κ3) is 3.83. The van der Waals surface area contributed by atoms with Gasteiger partial charge < -0.3 is 20.5 Å². The molecule has 0 aromatic rings. The molecule has 2 atom stereocenters. The number of nitrogens with one attached hydrogen (secondary N) is 2. The highest BCUT2D eigenvalue weighted by Gasteiger charge is 2.47. The SMILES string of the molecule is CCCC(C)(C)NC(=O)NC1COCC1(C)C(=O)O. The summed E-state index contributed by atoms with van der Waals surface area (Å²) in [5, 5.41) is 14.8. The number of carboxylic acid groups (broad SMARTS) is 1. The highest BCUT2D eigenvalue weighted by Crippen LogP contribution is 2.28. The van der Waals surface area contributed by atoms with E-state index >= 15 is 0 Å². The molecule has 1 heterocycles. The normalized spacial score (nSPS) is 27.1. The second-order valence-corrected chi connectivity index (χ2v) is 6.02. The van der Waals surface area contributed by atoms with Crippen LogP contribution in [0.25, 0.3) is 0 Å². The van der Waals surface area contributed by atoms with Crippen LogP contribution >= 0.6 is 0 Å². The number of aliphatic carboxylic acids is 1. The molecular formula is C13H24N2O4. The van der Waals surface area contributed by atoms with Crippen molar-refractivity contribution in [2.24, 2.45) is 5.41 Å². The van der Waals surface area contributed by atoms with Gasteiger partial charge >= 0.3 is 12.0 Å². The van der Waals surface area contributed by atoms with Gasteiger partial charge in [0.2, 0.25) is 0 Å². The van der Waals surface area contributed by atoms with Crippen molar-refractivity contribution < 1.29 is 19.4 Å². The van der Waals surface area contributed by atoms with Crippen LogP contribution in [0.4, 0.5) is 4.79 Å². The van der Waals surface area contributed by atoms with Crippen molar-refractivity contribution in [3.8, 4) is 0 Å². The Hall–Kier alpha value is -1.30. The summed E-state index contributed by atoms with van der Waals surface area (Å²) in [5.41, 5.74) is -1.37. The fraction of sp³-hybridized carbons (Fsp3) is 0.846. The van der Waals surface area contributed by atoms with Crippen molar-refractivity contribution in [1.82, 2.24) is 10.6 Å². The molecule has 19 heavy (non-hydrogen) atoms. The fourth-order valence-corrected chi connectivity index (χ4v) is 2.27. The Balaban J connectivity index is 2.60. The average Bonchev–Trinajstić information content (AvgIpc) is 2.60. The number of amides is 2. The molecule has 1 saturated heterocycles. The molecule has 0 aromatic heterocycles. The second-order valence-electron chi connectivity index (χ2n) is 6.02. The molecule has 1 fully saturated rings. The highest BCUT2D eigenvalue weighted by atomic mass is 16.5. The first-order valence-corrected chi connectivity index (χ1v) is 6.61. The largest absolute Gasteiger partial charge is 0.481 e. The van der Waals surface area contributed by atoms with E-state index < -0.39 is 17.4 Å². The summed E-state index contributed by atoms with van der Waals surface area (Å²) in [7, 11) is 0. The van der Waals surface area contributed by atoms with Crippen LogP contribution in [0.3, 0.4) is 0 Å². The lowest BCUT2D eigenvalue weighted by atomic mass is 9.85. The van der Waals surface area contributed by atoms with E-state index in [1.54, 1.807) is 6.92 Å². The van der Waals surface area contributed by atoms with Gasteiger partial charge in [0.15, 0.2) is 0 Å². The van der Waals surface area contributed by atoms with Crippen molar-refractivity contribution in [2.75, 3.05) is 13.2 Å². The van der Waals surface area contributed by atoms with Gasteiger partial charge in [-0.3, -0.25) is 4.79 Å². The molecule has 1 aliphatic rings. The van der Waals surface area contributed by atoms with Crippen LogP contribution in [0.1, 0.15) is 40.5 Å². The lowest BCUT2D eigenvalue weighted by molar-refractivity contribution is -0.148. The summed E-state index contributed by atoms with van der Waals surface area (Å²) in [6, 6.07) is -0.858. The summed E-state index contributed by atoms with van der Waals surface area (Å²) in [6.45, 7) is 7.86. The maximum atomic E-state index is 11.9. The molecule has 3 N–H and O–H groups in total. The van der Waals surface area contributed by atoms with Crippen LogP contribution < -0.4 is 10.6 Å². The van der Waals surface area contributed by atoms with E-state index in [0.29, 0.717) is 0 Å². The van der Waals surface area contributed by atoms with Gasteiger partial charge in [-0.1, -0.05) is 13.3 Å². The molecule has 1 aliphatic heterocycles. The molecule has 0 bridgehead atoms. The number of urea groups is 1. The summed E-state index contributed by atoms with van der Waals surface area (Å²) < 4.78 is 5.19. The van der Waals surface area contributed by atoms with Crippen molar-refractivity contribution in [1.29, 1.82) is 0 Å². The van der Waals surface area contributed by atoms with E-state index in [1.807, 2.05) is 20.8 Å². The van der Waals surface area contributed by atoms with E-state index in [0.717, 1.165) is 12.8 Å². The fourth-order valence-electron chi connectivity index (χ4n) is 2.27. The Bertz CT molecular complexity index is 357. The summed E-state index contributed by atoms with van der Waals surface area (Å²) in [4.78, 5) is 23.2. The van der Waals surface area contributed by atoms with Gasteiger partial charge in [-0.2, -0.15) is 0 Å². The van der Waals surface area contributed by atoms with Gasteiger partial charge in [0.25, 0.3) is 0 Å². The monoisotopic (exact) mass is 272 g/mol. The minimum atomic E-state index is -1.06. The van der Waals surface area contributed by atoms with Crippen LogP contribution in [0.2, 0.25) is 0 Å². The Morgan fingerprint density at radius 1 is 1.47 bits per heavy atom. The van der Waals surface area contributed by atoms with Gasteiger partial charge in [-0.15, -0.1) is 0 Å². The van der Waals surface area contributed by atoms with Crippen LogP contribution in [0.15, 0.2) is 0 Å². The Labute approximate surface area is 113 Å². The quantitative estimate of drug-likeness (QED) is 0.705. The van der Waals surface area contributed by atoms with Gasteiger partial charge in [0.1, 0.15) is 5.41 Å². The molecule has 0 radical (unpaired) electrons. The molecule has 0 aromatic carbocycles. The number of carbonyl (C=O) groups is 2. The lowest BCUT2D eigenvalue weighted by Crippen LogP contribution is -2.56. The summed E-state index contributed by atoms with van der Waals surface area (Å²) in [5.74, 6) is -0.955. The Morgan fingerprint density at radius 3 is 2.63 bits per heavy atom. The van der Waals surface area contributed by atoms with E-state index in [4.69, 9.17) is 4.74 Å². The number of carbonyl (C=O) groups excluding carboxylic acids is 1. The van der Waals surface area contributed by atoms with Crippen molar-refractivity contribution >= 4 is 12.0 Å². The van der Waals surface area contributed by atoms with E-state index in [9.17, 15) is 14.7 Å². The molecule has 0 saturated carbocycles. The Morgan fingerprint density at radius 2 is 2.11 bits per heavy atom. The van der Waals surface area contributed by atoms with E-state index in [-0.39, 0.29) is 24.8 Å². The number of ether oxygens (including phenoxy) is 1. The molecule has 1 rings (SSSR count). The maximum absolute atomic E-state index is 11.9. The lowest BCUT2D eigenvalue weighted by Gasteiger charge is -2.30. The smallest absolute Gasteiger partial charge is 0.315 e. The molecule has 2 unspecified atom stereocenters. The zero-order valence-corrected chi connectivity index (χ0v) is 12.1. The van der Waals surface area contributed by atoms with Crippen molar-refractivity contribution in [2.45, 2.75) is 52.1 Å². The van der Waals surface area contributed by atoms with Crippen molar-refractivity contribution in [3.63, 3.8) is 0 Å². The first-order valence-electron chi connectivity index (χ1n) is 6.61. The first-order chi connectivity index (χ1) is 8.71. The van der Waals surface area contributed by atoms with Crippen molar-refractivity contribution in [3.05, 3.63) is 0 Å². The highest BCUT2D eigenvalue weighted by molar-refractivity contribution is 5.79. The third-order valence-electron chi connectivity index (χ3n) is 3.58. The second kappa shape index (κ2) is 5.77. The predicted molar refractivity (Wildman–Crippen MR) is 71.0 cm³/mol. The van der Waals surface area contributed by atoms with Crippen LogP contribution in [0, 0.1) is 5.41 Å². The Kier molecular flexibility index (Phi) is 4.79. The molecule has 6 heteroatoms. The zero-order chi connectivity index (χ0) is 14.7. The number of hydrogen-bond acceptors (Lipinski definition) is 3. The molecule has 6 nitrogen and oxygen atoms in total. The van der Waals surface area contributed by atoms with Crippen LogP contribution in [0.5, 0.6) is 0 Å². The molecule has 2 amide bonds. The standard InChI is InChI=1S/C13H24N2O4/c1-5-6-12(2,3)15-11(18)14-9-7-19-8-13(9,4)10(16)17/h9H,5-8H2,1-4H3,(H,16,17)(H2,14,15,18). The maximum Gasteiger partial charge on any atom is 0.315 e. The van der Waals surface area contributed by atoms with Gasteiger partial charge in [0, 0.05) is 5.54 Å². The third-order valence-corrected chi connectivity index (χ3v) is 3.58. The number of rotatable bonds is 5. The van der Waals surface area contributed by atoms with E-state index in [2.05, 4.69) is 10.6 Å². The predicted octanol–water partition coefficient (Wildman–Crippen LogP) is 1.35. The molecular weight excluding hydrogens is 248 g/mol. The van der Waals surface area contributed by atoms with Crippen LogP contribution in [-0.2, 0) is 9.53 Å². The average molecular weight is 272 g/mol. The number of carboxylic acids is 1. The summed E-state index contributed by atoms with van der Waals surface area (Å²) in [6.07, 6.45) is 1.82. The van der Waals surface area contributed by atoms with E-state index in [1.165, 1.54) is 0 Å².